The monoisotopic (exact) mass is 471 g/mol. The van der Waals surface area contributed by atoms with Gasteiger partial charge < -0.3 is 20.7 Å². The van der Waals surface area contributed by atoms with Crippen molar-refractivity contribution in [2.24, 2.45) is 0 Å². The molecule has 3 aromatic carbocycles. The van der Waals surface area contributed by atoms with Crippen LogP contribution in [0.25, 0.3) is 0 Å². The predicted molar refractivity (Wildman–Crippen MR) is 127 cm³/mol. The summed E-state index contributed by atoms with van der Waals surface area (Å²) in [5.74, 6) is -0.559. The Morgan fingerprint density at radius 3 is 2.41 bits per heavy atom. The number of halogens is 2. The summed E-state index contributed by atoms with van der Waals surface area (Å²) in [7, 11) is 1.57. The summed E-state index contributed by atoms with van der Waals surface area (Å²) in [5, 5.41) is 8.15. The number of hydrogen-bond donors (Lipinski definition) is 3. The number of nitrogens with one attached hydrogen (secondary N) is 3. The fourth-order valence-corrected chi connectivity index (χ4v) is 3.19. The molecule has 32 heavy (non-hydrogen) atoms. The highest BCUT2D eigenvalue weighted by Crippen LogP contribution is 2.20. The van der Waals surface area contributed by atoms with Gasteiger partial charge in [0.15, 0.2) is 5.11 Å². The van der Waals surface area contributed by atoms with E-state index in [1.54, 1.807) is 55.6 Å². The maximum absolute atomic E-state index is 13.3. The van der Waals surface area contributed by atoms with Gasteiger partial charge in [-0.05, 0) is 66.3 Å². The standard InChI is InChI=1S/C23H19ClFN3O3S/c1-31-18-8-5-14(6-9-18)11-21(29)28-23(32)27-16-4-2-3-15(12-16)22(30)26-17-7-10-20(25)19(24)13-17/h2-10,12-13H,11H2,1H3,(H,26,30)(H2,27,28,29,32). The second-order valence-electron chi connectivity index (χ2n) is 6.69. The Morgan fingerprint density at radius 2 is 1.72 bits per heavy atom. The van der Waals surface area contributed by atoms with E-state index in [1.807, 2.05) is 0 Å². The molecule has 3 rings (SSSR count). The minimum Gasteiger partial charge on any atom is -0.497 e. The van der Waals surface area contributed by atoms with E-state index in [4.69, 9.17) is 28.6 Å². The Bertz CT molecular complexity index is 1160. The highest BCUT2D eigenvalue weighted by molar-refractivity contribution is 7.80. The van der Waals surface area contributed by atoms with E-state index in [2.05, 4.69) is 16.0 Å². The Kier molecular flexibility index (Phi) is 7.75. The molecule has 2 amide bonds. The summed E-state index contributed by atoms with van der Waals surface area (Å²) < 4.78 is 18.4. The summed E-state index contributed by atoms with van der Waals surface area (Å²) in [6, 6.07) is 17.6. The van der Waals surface area contributed by atoms with E-state index < -0.39 is 11.7 Å². The number of carbonyl (C=O) groups excluding carboxylic acids is 2. The van der Waals surface area contributed by atoms with E-state index in [-0.39, 0.29) is 22.5 Å². The van der Waals surface area contributed by atoms with Gasteiger partial charge in [-0.2, -0.15) is 0 Å². The second kappa shape index (κ2) is 10.7. The molecule has 0 aliphatic heterocycles. The van der Waals surface area contributed by atoms with Crippen molar-refractivity contribution < 1.29 is 18.7 Å². The molecule has 0 spiro atoms. The molecule has 164 valence electrons. The molecule has 0 atom stereocenters. The molecule has 3 aromatic rings. The van der Waals surface area contributed by atoms with E-state index in [9.17, 15) is 14.0 Å². The van der Waals surface area contributed by atoms with E-state index in [0.29, 0.717) is 22.7 Å². The van der Waals surface area contributed by atoms with Crippen LogP contribution in [0.1, 0.15) is 15.9 Å². The van der Waals surface area contributed by atoms with Crippen LogP contribution in [0, 0.1) is 5.82 Å². The van der Waals surface area contributed by atoms with Crippen molar-refractivity contribution in [3.05, 3.63) is 88.7 Å². The summed E-state index contributed by atoms with van der Waals surface area (Å²) >= 11 is 10.9. The molecule has 9 heteroatoms. The molecule has 6 nitrogen and oxygen atoms in total. The van der Waals surface area contributed by atoms with Crippen molar-refractivity contribution in [1.29, 1.82) is 0 Å². The molecule has 0 saturated carbocycles. The largest absolute Gasteiger partial charge is 0.497 e. The van der Waals surface area contributed by atoms with Crippen molar-refractivity contribution in [1.82, 2.24) is 5.32 Å². The summed E-state index contributed by atoms with van der Waals surface area (Å²) in [6.45, 7) is 0. The van der Waals surface area contributed by atoms with Gasteiger partial charge in [-0.15, -0.1) is 0 Å². The maximum atomic E-state index is 13.3. The summed E-state index contributed by atoms with van der Waals surface area (Å²) in [5.41, 5.74) is 2.03. The molecular weight excluding hydrogens is 453 g/mol. The van der Waals surface area contributed by atoms with Gasteiger partial charge in [0.1, 0.15) is 11.6 Å². The van der Waals surface area contributed by atoms with Crippen LogP contribution in [0.15, 0.2) is 66.7 Å². The number of methoxy groups -OCH3 is 1. The van der Waals surface area contributed by atoms with Crippen molar-refractivity contribution in [3.8, 4) is 5.75 Å². The Labute approximate surface area is 194 Å². The summed E-state index contributed by atoms with van der Waals surface area (Å²) in [6.07, 6.45) is 0.147. The zero-order valence-corrected chi connectivity index (χ0v) is 18.5. The minimum absolute atomic E-state index is 0.0889. The first kappa shape index (κ1) is 23.2. The van der Waals surface area contributed by atoms with Gasteiger partial charge in [0.2, 0.25) is 5.91 Å². The van der Waals surface area contributed by atoms with Gasteiger partial charge in [0.05, 0.1) is 18.6 Å². The molecule has 0 aliphatic rings. The highest BCUT2D eigenvalue weighted by Gasteiger charge is 2.10. The Hall–Kier alpha value is -3.49. The number of carbonyl (C=O) groups is 2. The predicted octanol–water partition coefficient (Wildman–Crippen LogP) is 4.80. The van der Waals surface area contributed by atoms with E-state index >= 15 is 0 Å². The SMILES string of the molecule is COc1ccc(CC(=O)NC(=S)Nc2cccc(C(=O)Nc3ccc(F)c(Cl)c3)c2)cc1. The zero-order valence-electron chi connectivity index (χ0n) is 16.9. The zero-order chi connectivity index (χ0) is 23.1. The third kappa shape index (κ3) is 6.50. The molecule has 0 aromatic heterocycles. The second-order valence-corrected chi connectivity index (χ2v) is 7.51. The van der Waals surface area contributed by atoms with Gasteiger partial charge >= 0.3 is 0 Å². The van der Waals surface area contributed by atoms with Crippen molar-refractivity contribution in [2.75, 3.05) is 17.7 Å². The lowest BCUT2D eigenvalue weighted by atomic mass is 10.1. The molecule has 0 unspecified atom stereocenters. The summed E-state index contributed by atoms with van der Waals surface area (Å²) in [4.78, 5) is 24.7. The molecule has 0 radical (unpaired) electrons. The first-order valence-corrected chi connectivity index (χ1v) is 10.2. The van der Waals surface area contributed by atoms with E-state index in [1.165, 1.54) is 18.2 Å². The maximum Gasteiger partial charge on any atom is 0.255 e. The van der Waals surface area contributed by atoms with Crippen LogP contribution < -0.4 is 20.7 Å². The van der Waals surface area contributed by atoms with Crippen LogP contribution in [-0.2, 0) is 11.2 Å². The lowest BCUT2D eigenvalue weighted by Gasteiger charge is -2.11. The number of amides is 2. The molecule has 3 N–H and O–H groups in total. The van der Waals surface area contributed by atoms with Gasteiger partial charge in [-0.25, -0.2) is 4.39 Å². The van der Waals surface area contributed by atoms with Crippen LogP contribution in [0.2, 0.25) is 5.02 Å². The average molecular weight is 472 g/mol. The number of hydrogen-bond acceptors (Lipinski definition) is 4. The number of anilines is 2. The van der Waals surface area contributed by atoms with E-state index in [0.717, 1.165) is 5.56 Å². The van der Waals surface area contributed by atoms with Crippen LogP contribution in [0.3, 0.4) is 0 Å². The lowest BCUT2D eigenvalue weighted by Crippen LogP contribution is -2.35. The normalized spacial score (nSPS) is 10.2. The molecule has 0 bridgehead atoms. The minimum atomic E-state index is -0.571. The third-order valence-electron chi connectivity index (χ3n) is 4.34. The number of rotatable bonds is 6. The Morgan fingerprint density at radius 1 is 1.00 bits per heavy atom. The van der Waals surface area contributed by atoms with Crippen LogP contribution in [-0.4, -0.2) is 24.0 Å². The number of thiocarbonyl (C=S) groups is 1. The van der Waals surface area contributed by atoms with Crippen LogP contribution >= 0.6 is 23.8 Å². The third-order valence-corrected chi connectivity index (χ3v) is 4.83. The quantitative estimate of drug-likeness (QED) is 0.450. The number of benzene rings is 3. The van der Waals surface area contributed by atoms with Crippen molar-refractivity contribution >= 4 is 52.1 Å². The fourth-order valence-electron chi connectivity index (χ4n) is 2.78. The van der Waals surface area contributed by atoms with Gasteiger partial charge in [0, 0.05) is 16.9 Å². The number of ether oxygens (including phenoxy) is 1. The van der Waals surface area contributed by atoms with Crippen LogP contribution in [0.4, 0.5) is 15.8 Å². The first-order chi connectivity index (χ1) is 15.3. The fraction of sp³-hybridized carbons (Fsp3) is 0.0870. The topological polar surface area (TPSA) is 79.5 Å². The molecular formula is C23H19ClFN3O3S. The molecule has 0 heterocycles. The lowest BCUT2D eigenvalue weighted by molar-refractivity contribution is -0.119. The average Bonchev–Trinajstić information content (AvgIpc) is 2.76. The molecule has 0 aliphatic carbocycles. The van der Waals surface area contributed by atoms with Crippen LogP contribution in [0.5, 0.6) is 5.75 Å². The van der Waals surface area contributed by atoms with Gasteiger partial charge in [-0.3, -0.25) is 9.59 Å². The molecule has 0 saturated heterocycles. The highest BCUT2D eigenvalue weighted by atomic mass is 35.5. The Balaban J connectivity index is 1.56. The smallest absolute Gasteiger partial charge is 0.255 e. The van der Waals surface area contributed by atoms with Crippen molar-refractivity contribution in [3.63, 3.8) is 0 Å². The van der Waals surface area contributed by atoms with Gasteiger partial charge in [0.25, 0.3) is 5.91 Å². The van der Waals surface area contributed by atoms with Gasteiger partial charge in [-0.1, -0.05) is 29.8 Å². The first-order valence-electron chi connectivity index (χ1n) is 9.44. The van der Waals surface area contributed by atoms with Crippen molar-refractivity contribution in [2.45, 2.75) is 6.42 Å². The molecule has 0 fully saturated rings.